The molecule has 3 aromatic rings. The second kappa shape index (κ2) is 9.34. The van der Waals surface area contributed by atoms with Crippen molar-refractivity contribution >= 4 is 34.3 Å². The van der Waals surface area contributed by atoms with Gasteiger partial charge in [-0.05, 0) is 38.5 Å². The van der Waals surface area contributed by atoms with Crippen molar-refractivity contribution in [3.63, 3.8) is 0 Å². The van der Waals surface area contributed by atoms with E-state index in [-0.39, 0.29) is 11.7 Å². The van der Waals surface area contributed by atoms with Crippen LogP contribution >= 0.6 is 23.4 Å². The number of benzene rings is 1. The highest BCUT2D eigenvalue weighted by Crippen LogP contribution is 2.21. The summed E-state index contributed by atoms with van der Waals surface area (Å²) in [6.45, 7) is 5.84. The lowest BCUT2D eigenvalue weighted by Crippen LogP contribution is -2.24. The van der Waals surface area contributed by atoms with E-state index in [1.165, 1.54) is 18.1 Å². The van der Waals surface area contributed by atoms with Crippen LogP contribution in [0.4, 0.5) is 0 Å². The topological polar surface area (TPSA) is 74.8 Å². The maximum atomic E-state index is 13.0. The summed E-state index contributed by atoms with van der Waals surface area (Å²) in [4.78, 5) is 21.6. The first kappa shape index (κ1) is 19.9. The van der Waals surface area contributed by atoms with Crippen molar-refractivity contribution in [2.75, 3.05) is 12.4 Å². The molecule has 0 bridgehead atoms. The van der Waals surface area contributed by atoms with Crippen LogP contribution in [-0.4, -0.2) is 42.8 Å². The summed E-state index contributed by atoms with van der Waals surface area (Å²) >= 11 is 7.60. The van der Waals surface area contributed by atoms with E-state index in [2.05, 4.69) is 15.1 Å². The van der Waals surface area contributed by atoms with Gasteiger partial charge in [-0.2, -0.15) is 5.10 Å². The first-order chi connectivity index (χ1) is 13.0. The van der Waals surface area contributed by atoms with E-state index in [1.807, 2.05) is 13.8 Å². The summed E-state index contributed by atoms with van der Waals surface area (Å²) in [7, 11) is 0. The highest BCUT2D eigenvalue weighted by Gasteiger charge is 2.12. The molecule has 0 unspecified atom stereocenters. The molecule has 7 nitrogen and oxygen atoms in total. The van der Waals surface area contributed by atoms with Crippen LogP contribution in [-0.2, 0) is 17.8 Å². The van der Waals surface area contributed by atoms with Gasteiger partial charge in [0.1, 0.15) is 12.7 Å². The number of rotatable bonds is 9. The van der Waals surface area contributed by atoms with E-state index < -0.39 is 0 Å². The fraction of sp³-hybridized carbons (Fsp3) is 0.444. The number of thioether (sulfide) groups is 1. The van der Waals surface area contributed by atoms with E-state index in [0.29, 0.717) is 40.8 Å². The fourth-order valence-corrected chi connectivity index (χ4v) is 3.72. The Labute approximate surface area is 166 Å². The Balaban J connectivity index is 1.82. The molecule has 27 heavy (non-hydrogen) atoms. The predicted molar refractivity (Wildman–Crippen MR) is 107 cm³/mol. The van der Waals surface area contributed by atoms with Crippen LogP contribution in [0.15, 0.2) is 40.8 Å². The van der Waals surface area contributed by atoms with Gasteiger partial charge in [0.05, 0.1) is 23.6 Å². The molecular formula is C18H22ClN5O2S. The minimum atomic E-state index is -0.0514. The average Bonchev–Trinajstić information content (AvgIpc) is 3.13. The monoisotopic (exact) mass is 407 g/mol. The molecule has 0 amide bonds. The van der Waals surface area contributed by atoms with E-state index in [0.717, 1.165) is 12.2 Å². The number of halogens is 1. The number of aryl methyl sites for hydroxylation is 1. The average molecular weight is 408 g/mol. The minimum Gasteiger partial charge on any atom is -0.379 e. The highest BCUT2D eigenvalue weighted by atomic mass is 35.5. The van der Waals surface area contributed by atoms with Crippen LogP contribution in [0.3, 0.4) is 0 Å². The lowest BCUT2D eigenvalue weighted by molar-refractivity contribution is 0.0743. The number of hydrogen-bond donors (Lipinski definition) is 0. The smallest absolute Gasteiger partial charge is 0.262 e. The maximum absolute atomic E-state index is 13.0. The van der Waals surface area contributed by atoms with Crippen LogP contribution in [0.25, 0.3) is 10.9 Å². The third kappa shape index (κ3) is 5.31. The second-order valence-corrected chi connectivity index (χ2v) is 7.79. The number of ether oxygens (including phenoxy) is 1. The zero-order valence-corrected chi connectivity index (χ0v) is 16.9. The zero-order chi connectivity index (χ0) is 19.2. The third-order valence-electron chi connectivity index (χ3n) is 3.88. The molecule has 0 aliphatic carbocycles. The molecule has 2 heterocycles. The molecule has 0 saturated heterocycles. The van der Waals surface area contributed by atoms with Gasteiger partial charge in [-0.25, -0.2) is 9.97 Å². The Morgan fingerprint density at radius 3 is 2.89 bits per heavy atom. The molecule has 3 rings (SSSR count). The molecule has 9 heteroatoms. The van der Waals surface area contributed by atoms with Crippen molar-refractivity contribution in [1.82, 2.24) is 24.3 Å². The van der Waals surface area contributed by atoms with Crippen molar-refractivity contribution in [3.8, 4) is 0 Å². The van der Waals surface area contributed by atoms with Gasteiger partial charge in [0.15, 0.2) is 5.16 Å². The Bertz CT molecular complexity index is 943. The van der Waals surface area contributed by atoms with Gasteiger partial charge in [0, 0.05) is 23.9 Å². The molecule has 0 N–H and O–H groups in total. The van der Waals surface area contributed by atoms with Crippen molar-refractivity contribution in [2.45, 2.75) is 44.6 Å². The van der Waals surface area contributed by atoms with Crippen molar-refractivity contribution in [3.05, 3.63) is 46.2 Å². The van der Waals surface area contributed by atoms with Gasteiger partial charge >= 0.3 is 0 Å². The summed E-state index contributed by atoms with van der Waals surface area (Å²) < 4.78 is 9.08. The predicted octanol–water partition coefficient (Wildman–Crippen LogP) is 3.25. The number of hydrogen-bond acceptors (Lipinski definition) is 6. The number of nitrogens with zero attached hydrogens (tertiary/aromatic N) is 5. The lowest BCUT2D eigenvalue weighted by Gasteiger charge is -2.14. The van der Waals surface area contributed by atoms with E-state index >= 15 is 0 Å². The van der Waals surface area contributed by atoms with Crippen LogP contribution in [0.5, 0.6) is 0 Å². The number of fused-ring (bicyclic) bond motifs is 1. The first-order valence-corrected chi connectivity index (χ1v) is 10.2. The molecule has 0 saturated carbocycles. The SMILES string of the molecule is CC(C)OCCCn1c(SCCn2cncn2)nc2cc(Cl)ccc2c1=O. The van der Waals surface area contributed by atoms with E-state index in [1.54, 1.807) is 33.8 Å². The van der Waals surface area contributed by atoms with Gasteiger partial charge < -0.3 is 4.74 Å². The summed E-state index contributed by atoms with van der Waals surface area (Å²) in [5.74, 6) is 0.727. The largest absolute Gasteiger partial charge is 0.379 e. The van der Waals surface area contributed by atoms with Crippen LogP contribution in [0.2, 0.25) is 5.02 Å². The maximum Gasteiger partial charge on any atom is 0.262 e. The van der Waals surface area contributed by atoms with Gasteiger partial charge in [-0.1, -0.05) is 23.4 Å². The molecule has 0 atom stereocenters. The molecule has 0 fully saturated rings. The minimum absolute atomic E-state index is 0.0514. The molecule has 0 spiro atoms. The number of aromatic nitrogens is 5. The zero-order valence-electron chi connectivity index (χ0n) is 15.3. The Hall–Kier alpha value is -1.90. The van der Waals surface area contributed by atoms with Crippen molar-refractivity contribution < 1.29 is 4.74 Å². The second-order valence-electron chi connectivity index (χ2n) is 6.29. The Morgan fingerprint density at radius 1 is 1.30 bits per heavy atom. The summed E-state index contributed by atoms with van der Waals surface area (Å²) in [5.41, 5.74) is 0.565. The highest BCUT2D eigenvalue weighted by molar-refractivity contribution is 7.99. The van der Waals surface area contributed by atoms with Crippen LogP contribution < -0.4 is 5.56 Å². The third-order valence-corrected chi connectivity index (χ3v) is 5.07. The molecule has 144 valence electrons. The van der Waals surface area contributed by atoms with Crippen molar-refractivity contribution in [1.29, 1.82) is 0 Å². The standard InChI is InChI=1S/C18H22ClN5O2S/c1-13(2)26-8-3-6-24-17(25)15-5-4-14(19)10-16(15)22-18(24)27-9-7-23-12-20-11-21-23/h4-5,10-13H,3,6-9H2,1-2H3. The lowest BCUT2D eigenvalue weighted by atomic mass is 10.2. The molecular weight excluding hydrogens is 386 g/mol. The van der Waals surface area contributed by atoms with E-state index in [9.17, 15) is 4.79 Å². The first-order valence-electron chi connectivity index (χ1n) is 8.81. The van der Waals surface area contributed by atoms with Gasteiger partial charge in [-0.15, -0.1) is 0 Å². The summed E-state index contributed by atoms with van der Waals surface area (Å²) in [5, 5.41) is 5.92. The summed E-state index contributed by atoms with van der Waals surface area (Å²) in [6.07, 6.45) is 4.10. The van der Waals surface area contributed by atoms with Crippen molar-refractivity contribution in [2.24, 2.45) is 0 Å². The molecule has 0 radical (unpaired) electrons. The van der Waals surface area contributed by atoms with Gasteiger partial charge in [0.25, 0.3) is 5.56 Å². The van der Waals surface area contributed by atoms with Crippen LogP contribution in [0.1, 0.15) is 20.3 Å². The Morgan fingerprint density at radius 2 is 2.15 bits per heavy atom. The van der Waals surface area contributed by atoms with Crippen LogP contribution in [0, 0.1) is 0 Å². The molecule has 0 aliphatic rings. The molecule has 1 aromatic carbocycles. The molecule has 2 aromatic heterocycles. The normalized spacial score (nSPS) is 11.6. The summed E-state index contributed by atoms with van der Waals surface area (Å²) in [6, 6.07) is 5.18. The molecule has 0 aliphatic heterocycles. The Kier molecular flexibility index (Phi) is 6.87. The van der Waals surface area contributed by atoms with Gasteiger partial charge in [-0.3, -0.25) is 14.0 Å². The van der Waals surface area contributed by atoms with E-state index in [4.69, 9.17) is 16.3 Å². The van der Waals surface area contributed by atoms with Gasteiger partial charge in [0.2, 0.25) is 0 Å². The fourth-order valence-electron chi connectivity index (χ4n) is 2.60. The quantitative estimate of drug-likeness (QED) is 0.308.